The molecule has 0 aliphatic carbocycles. The SMILES string of the molecule is CCOC(=O)c1cc(C)c(C)[nH]1.O=C1Cc2cc(Cl)ccc2N1. The normalized spacial score (nSPS) is 12.1. The number of carbonyl (C=O) groups is 2. The second-order valence-corrected chi connectivity index (χ2v) is 5.67. The molecule has 6 heteroatoms. The average molecular weight is 335 g/mol. The number of H-pyrrole nitrogens is 1. The fourth-order valence-electron chi connectivity index (χ4n) is 2.18. The number of anilines is 1. The highest BCUT2D eigenvalue weighted by molar-refractivity contribution is 6.30. The van der Waals surface area contributed by atoms with Crippen LogP contribution in [0.3, 0.4) is 0 Å². The van der Waals surface area contributed by atoms with Crippen LogP contribution in [0.4, 0.5) is 5.69 Å². The van der Waals surface area contributed by atoms with E-state index in [1.165, 1.54) is 0 Å². The molecule has 0 fully saturated rings. The first-order chi connectivity index (χ1) is 10.9. The molecule has 1 aromatic heterocycles. The topological polar surface area (TPSA) is 71.2 Å². The summed E-state index contributed by atoms with van der Waals surface area (Å²) in [5, 5.41) is 3.41. The quantitative estimate of drug-likeness (QED) is 0.824. The van der Waals surface area contributed by atoms with Crippen molar-refractivity contribution in [2.75, 3.05) is 11.9 Å². The van der Waals surface area contributed by atoms with Gasteiger partial charge in [0.1, 0.15) is 5.69 Å². The fourth-order valence-corrected chi connectivity index (χ4v) is 2.37. The van der Waals surface area contributed by atoms with Gasteiger partial charge in [-0.25, -0.2) is 4.79 Å². The zero-order valence-electron chi connectivity index (χ0n) is 13.3. The van der Waals surface area contributed by atoms with Gasteiger partial charge in [0.05, 0.1) is 13.0 Å². The molecule has 122 valence electrons. The Bertz CT molecular complexity index is 718. The van der Waals surface area contributed by atoms with E-state index in [0.717, 1.165) is 22.5 Å². The maximum atomic E-state index is 11.2. The lowest BCUT2D eigenvalue weighted by atomic mass is 10.2. The Balaban J connectivity index is 0.000000167. The number of hydrogen-bond donors (Lipinski definition) is 2. The monoisotopic (exact) mass is 334 g/mol. The summed E-state index contributed by atoms with van der Waals surface area (Å²) in [7, 11) is 0. The third-order valence-corrected chi connectivity index (χ3v) is 3.70. The van der Waals surface area contributed by atoms with Crippen molar-refractivity contribution < 1.29 is 14.3 Å². The van der Waals surface area contributed by atoms with Crippen molar-refractivity contribution >= 4 is 29.2 Å². The number of aryl methyl sites for hydroxylation is 2. The van der Waals surface area contributed by atoms with Crippen molar-refractivity contribution in [3.8, 4) is 0 Å². The van der Waals surface area contributed by atoms with Gasteiger partial charge in [-0.2, -0.15) is 0 Å². The van der Waals surface area contributed by atoms with Crippen LogP contribution in [0, 0.1) is 13.8 Å². The van der Waals surface area contributed by atoms with Gasteiger partial charge in [-0.1, -0.05) is 11.6 Å². The molecule has 2 N–H and O–H groups in total. The Hall–Kier alpha value is -2.27. The largest absolute Gasteiger partial charge is 0.461 e. The molecule has 0 atom stereocenters. The highest BCUT2D eigenvalue weighted by Gasteiger charge is 2.16. The summed E-state index contributed by atoms with van der Waals surface area (Å²) in [6.45, 7) is 6.09. The summed E-state index contributed by atoms with van der Waals surface area (Å²) in [6.07, 6.45) is 0.454. The Morgan fingerprint density at radius 3 is 2.65 bits per heavy atom. The summed E-state index contributed by atoms with van der Waals surface area (Å²) < 4.78 is 4.83. The number of esters is 1. The minimum atomic E-state index is -0.284. The number of benzene rings is 1. The first-order valence-electron chi connectivity index (χ1n) is 7.32. The third-order valence-electron chi connectivity index (χ3n) is 3.46. The second kappa shape index (κ2) is 7.33. The highest BCUT2D eigenvalue weighted by Crippen LogP contribution is 2.25. The summed E-state index contributed by atoms with van der Waals surface area (Å²) >= 11 is 5.73. The van der Waals surface area contributed by atoms with Crippen LogP contribution in [0.25, 0.3) is 0 Å². The minimum Gasteiger partial charge on any atom is -0.461 e. The first-order valence-corrected chi connectivity index (χ1v) is 7.70. The van der Waals surface area contributed by atoms with E-state index < -0.39 is 0 Å². The van der Waals surface area contributed by atoms with Crippen LogP contribution in [0.1, 0.15) is 34.2 Å². The smallest absolute Gasteiger partial charge is 0.354 e. The third kappa shape index (κ3) is 4.36. The summed E-state index contributed by atoms with van der Waals surface area (Å²) in [5.74, 6) is -0.240. The van der Waals surface area contributed by atoms with E-state index in [1.807, 2.05) is 26.0 Å². The number of aromatic amines is 1. The van der Waals surface area contributed by atoms with Gasteiger partial charge >= 0.3 is 5.97 Å². The van der Waals surface area contributed by atoms with E-state index in [2.05, 4.69) is 10.3 Å². The van der Waals surface area contributed by atoms with Crippen molar-refractivity contribution in [1.82, 2.24) is 4.98 Å². The van der Waals surface area contributed by atoms with E-state index in [-0.39, 0.29) is 11.9 Å². The number of carbonyl (C=O) groups excluding carboxylic acids is 2. The summed E-state index contributed by atoms with van der Waals surface area (Å²) in [6, 6.07) is 7.21. The molecule has 0 saturated heterocycles. The number of halogens is 1. The Kier molecular flexibility index (Phi) is 5.45. The first kappa shape index (κ1) is 17.1. The van der Waals surface area contributed by atoms with Crippen LogP contribution in [0.2, 0.25) is 5.02 Å². The lowest BCUT2D eigenvalue weighted by Gasteiger charge is -1.96. The van der Waals surface area contributed by atoms with E-state index in [0.29, 0.717) is 23.7 Å². The van der Waals surface area contributed by atoms with Crippen LogP contribution in [-0.2, 0) is 16.0 Å². The number of fused-ring (bicyclic) bond motifs is 1. The zero-order chi connectivity index (χ0) is 17.0. The molecule has 0 unspecified atom stereocenters. The predicted octanol–water partition coefficient (Wildman–Crippen LogP) is 3.64. The van der Waals surface area contributed by atoms with E-state index in [1.54, 1.807) is 19.1 Å². The molecule has 0 bridgehead atoms. The highest BCUT2D eigenvalue weighted by atomic mass is 35.5. The van der Waals surface area contributed by atoms with Gasteiger partial charge in [-0.3, -0.25) is 4.79 Å². The van der Waals surface area contributed by atoms with E-state index >= 15 is 0 Å². The van der Waals surface area contributed by atoms with Gasteiger partial charge in [0.2, 0.25) is 5.91 Å². The van der Waals surface area contributed by atoms with Crippen LogP contribution in [0.5, 0.6) is 0 Å². The number of aromatic nitrogens is 1. The molecular formula is C17H19ClN2O3. The molecule has 1 aromatic carbocycles. The van der Waals surface area contributed by atoms with Crippen molar-refractivity contribution in [2.45, 2.75) is 27.2 Å². The molecule has 1 aliphatic rings. The molecule has 0 radical (unpaired) electrons. The molecule has 5 nitrogen and oxygen atoms in total. The lowest BCUT2D eigenvalue weighted by Crippen LogP contribution is -2.04. The number of amides is 1. The molecule has 0 saturated carbocycles. The van der Waals surface area contributed by atoms with Crippen LogP contribution < -0.4 is 5.32 Å². The molecule has 3 rings (SSSR count). The summed E-state index contributed by atoms with van der Waals surface area (Å²) in [4.78, 5) is 25.0. The van der Waals surface area contributed by atoms with E-state index in [4.69, 9.17) is 16.3 Å². The van der Waals surface area contributed by atoms with Crippen LogP contribution in [-0.4, -0.2) is 23.5 Å². The van der Waals surface area contributed by atoms with Crippen molar-refractivity contribution in [2.24, 2.45) is 0 Å². The van der Waals surface area contributed by atoms with Gasteiger partial charge in [-0.05, 0) is 56.2 Å². The molecule has 2 heterocycles. The average Bonchev–Trinajstić information content (AvgIpc) is 3.02. The van der Waals surface area contributed by atoms with Gasteiger partial charge in [0, 0.05) is 16.4 Å². The zero-order valence-corrected chi connectivity index (χ0v) is 14.1. The molecular weight excluding hydrogens is 316 g/mol. The standard InChI is InChI=1S/C9H13NO2.C8H6ClNO/c1-4-12-9(11)8-5-6(2)7(3)10-8;9-6-1-2-7-5(3-6)4-8(11)10-7/h5,10H,4H2,1-3H3;1-3H,4H2,(H,10,11). The molecule has 0 spiro atoms. The van der Waals surface area contributed by atoms with Crippen molar-refractivity contribution in [3.05, 3.63) is 51.8 Å². The van der Waals surface area contributed by atoms with Crippen molar-refractivity contribution in [3.63, 3.8) is 0 Å². The van der Waals surface area contributed by atoms with Gasteiger partial charge in [-0.15, -0.1) is 0 Å². The number of hydrogen-bond acceptors (Lipinski definition) is 3. The molecule has 2 aromatic rings. The van der Waals surface area contributed by atoms with Crippen LogP contribution in [0.15, 0.2) is 24.3 Å². The second-order valence-electron chi connectivity index (χ2n) is 5.24. The minimum absolute atomic E-state index is 0.0438. The number of rotatable bonds is 2. The Morgan fingerprint density at radius 1 is 1.30 bits per heavy atom. The van der Waals surface area contributed by atoms with Gasteiger partial charge in [0.25, 0.3) is 0 Å². The van der Waals surface area contributed by atoms with Gasteiger partial charge < -0.3 is 15.0 Å². The van der Waals surface area contributed by atoms with Crippen LogP contribution >= 0.6 is 11.6 Å². The van der Waals surface area contributed by atoms with Crippen molar-refractivity contribution in [1.29, 1.82) is 0 Å². The molecule has 1 aliphatic heterocycles. The lowest BCUT2D eigenvalue weighted by molar-refractivity contribution is -0.115. The van der Waals surface area contributed by atoms with E-state index in [9.17, 15) is 9.59 Å². The number of ether oxygens (including phenoxy) is 1. The predicted molar refractivity (Wildman–Crippen MR) is 90.0 cm³/mol. The fraction of sp³-hybridized carbons (Fsp3) is 0.294. The maximum Gasteiger partial charge on any atom is 0.354 e. The maximum absolute atomic E-state index is 11.2. The molecule has 1 amide bonds. The number of nitrogens with one attached hydrogen (secondary N) is 2. The Labute approximate surface area is 140 Å². The summed E-state index contributed by atoms with van der Waals surface area (Å²) in [5.41, 5.74) is 4.50. The Morgan fingerprint density at radius 2 is 2.04 bits per heavy atom. The molecule has 23 heavy (non-hydrogen) atoms. The van der Waals surface area contributed by atoms with Gasteiger partial charge in [0.15, 0.2) is 0 Å².